The Morgan fingerprint density at radius 1 is 1.05 bits per heavy atom. The van der Waals surface area contributed by atoms with Crippen molar-refractivity contribution in [2.45, 2.75) is 44.8 Å². The summed E-state index contributed by atoms with van der Waals surface area (Å²) in [6.45, 7) is 4.67. The molecule has 3 atom stereocenters. The summed E-state index contributed by atoms with van der Waals surface area (Å²) in [6, 6.07) is 9.60. The van der Waals surface area contributed by atoms with Gasteiger partial charge in [0.1, 0.15) is 23.4 Å². The van der Waals surface area contributed by atoms with Crippen LogP contribution in [-0.4, -0.2) is 73.7 Å². The van der Waals surface area contributed by atoms with Crippen LogP contribution in [0.5, 0.6) is 0 Å². The molecule has 2 saturated heterocycles. The minimum absolute atomic E-state index is 0.0272. The van der Waals surface area contributed by atoms with Crippen molar-refractivity contribution in [3.63, 3.8) is 0 Å². The van der Waals surface area contributed by atoms with Gasteiger partial charge in [-0.1, -0.05) is 26.0 Å². The van der Waals surface area contributed by atoms with Gasteiger partial charge in [-0.15, -0.1) is 0 Å². The van der Waals surface area contributed by atoms with Crippen LogP contribution in [0.1, 0.15) is 47.8 Å². The standard InChI is InChI=1S/C28H28F2N6O3/c1-14(2)7-23(34-26(37)22-9-15-8-16(29)10-19(30)24(15)31-22)27(38)35-12-18-11-17(35)13-36(18)28(39)25-32-20-5-3-4-6-21(20)33-25/h3-6,8-10,14,17-18,23,31H,7,11-13H2,1-2H3,(H,32,33)(H,34,37). The van der Waals surface area contributed by atoms with E-state index in [0.29, 0.717) is 25.9 Å². The zero-order valence-corrected chi connectivity index (χ0v) is 21.5. The minimum Gasteiger partial charge on any atom is -0.348 e. The molecule has 2 aliphatic rings. The van der Waals surface area contributed by atoms with E-state index < -0.39 is 23.6 Å². The van der Waals surface area contributed by atoms with Crippen LogP contribution in [0, 0.1) is 17.6 Å². The number of likely N-dealkylation sites (tertiary alicyclic amines) is 2. The van der Waals surface area contributed by atoms with E-state index in [-0.39, 0.29) is 52.2 Å². The van der Waals surface area contributed by atoms with E-state index >= 15 is 0 Å². The third kappa shape index (κ3) is 4.51. The predicted octanol–water partition coefficient (Wildman–Crippen LogP) is 3.59. The first-order valence-electron chi connectivity index (χ1n) is 13.0. The van der Waals surface area contributed by atoms with Gasteiger partial charge in [0.2, 0.25) is 5.91 Å². The SMILES string of the molecule is CC(C)CC(NC(=O)c1cc2cc(F)cc(F)c2[nH]1)C(=O)N1CC2CC1CN2C(=O)c1nc2ccccc2[nH]1. The number of nitrogens with zero attached hydrogens (tertiary/aromatic N) is 3. The number of imidazole rings is 1. The monoisotopic (exact) mass is 534 g/mol. The summed E-state index contributed by atoms with van der Waals surface area (Å²) in [6.07, 6.45) is 1.07. The number of hydrogen-bond acceptors (Lipinski definition) is 4. The molecule has 3 N–H and O–H groups in total. The molecule has 9 nitrogen and oxygen atoms in total. The van der Waals surface area contributed by atoms with E-state index in [1.54, 1.807) is 9.80 Å². The van der Waals surface area contributed by atoms with E-state index in [1.807, 2.05) is 38.1 Å². The Bertz CT molecular complexity index is 1580. The van der Waals surface area contributed by atoms with Crippen molar-refractivity contribution in [3.8, 4) is 0 Å². The summed E-state index contributed by atoms with van der Waals surface area (Å²) >= 11 is 0. The summed E-state index contributed by atoms with van der Waals surface area (Å²) in [7, 11) is 0. The molecule has 0 saturated carbocycles. The number of rotatable bonds is 6. The number of aromatic amines is 2. The number of halogens is 2. The molecule has 2 bridgehead atoms. The fourth-order valence-corrected chi connectivity index (χ4v) is 5.79. The summed E-state index contributed by atoms with van der Waals surface area (Å²) in [4.78, 5) is 53.6. The molecule has 3 amide bonds. The molecule has 0 aliphatic carbocycles. The smallest absolute Gasteiger partial charge is 0.290 e. The highest BCUT2D eigenvalue weighted by Crippen LogP contribution is 2.33. The lowest BCUT2D eigenvalue weighted by molar-refractivity contribution is -0.135. The van der Waals surface area contributed by atoms with Crippen LogP contribution in [0.25, 0.3) is 21.9 Å². The topological polar surface area (TPSA) is 114 Å². The highest BCUT2D eigenvalue weighted by molar-refractivity contribution is 6.00. The summed E-state index contributed by atoms with van der Waals surface area (Å²) in [5.41, 5.74) is 1.58. The maximum absolute atomic E-state index is 14.1. The maximum Gasteiger partial charge on any atom is 0.290 e. The highest BCUT2D eigenvalue weighted by atomic mass is 19.1. The second-order valence-corrected chi connectivity index (χ2v) is 10.8. The van der Waals surface area contributed by atoms with Crippen molar-refractivity contribution in [2.24, 2.45) is 5.92 Å². The third-order valence-corrected chi connectivity index (χ3v) is 7.58. The number of hydrogen-bond donors (Lipinski definition) is 3. The second kappa shape index (κ2) is 9.48. The minimum atomic E-state index is -0.802. The molecule has 3 unspecified atom stereocenters. The molecule has 2 aromatic carbocycles. The van der Waals surface area contributed by atoms with Crippen molar-refractivity contribution in [1.82, 2.24) is 30.1 Å². The van der Waals surface area contributed by atoms with Gasteiger partial charge in [-0.25, -0.2) is 13.8 Å². The van der Waals surface area contributed by atoms with Crippen LogP contribution in [0.15, 0.2) is 42.5 Å². The predicted molar refractivity (Wildman–Crippen MR) is 140 cm³/mol. The molecule has 0 radical (unpaired) electrons. The number of carbonyl (C=O) groups excluding carboxylic acids is 3. The Balaban J connectivity index is 1.16. The van der Waals surface area contributed by atoms with Gasteiger partial charge in [0.05, 0.1) is 28.6 Å². The zero-order valence-electron chi connectivity index (χ0n) is 21.5. The van der Waals surface area contributed by atoms with Crippen molar-refractivity contribution in [3.05, 3.63) is 65.6 Å². The number of piperazine rings is 1. The molecule has 2 aromatic heterocycles. The first-order chi connectivity index (χ1) is 18.7. The molecule has 2 aliphatic heterocycles. The number of carbonyl (C=O) groups is 3. The molecule has 11 heteroatoms. The van der Waals surface area contributed by atoms with Crippen LogP contribution in [0.4, 0.5) is 8.78 Å². The number of fused-ring (bicyclic) bond motifs is 4. The van der Waals surface area contributed by atoms with E-state index in [0.717, 1.165) is 23.2 Å². The van der Waals surface area contributed by atoms with Crippen LogP contribution in [-0.2, 0) is 4.79 Å². The van der Waals surface area contributed by atoms with Gasteiger partial charge < -0.3 is 25.1 Å². The Morgan fingerprint density at radius 2 is 1.79 bits per heavy atom. The van der Waals surface area contributed by atoms with Gasteiger partial charge >= 0.3 is 0 Å². The molecule has 4 aromatic rings. The second-order valence-electron chi connectivity index (χ2n) is 10.8. The molecular formula is C28H28F2N6O3. The fourth-order valence-electron chi connectivity index (χ4n) is 5.79. The lowest BCUT2D eigenvalue weighted by Gasteiger charge is -2.36. The summed E-state index contributed by atoms with van der Waals surface area (Å²) in [5, 5.41) is 3.03. The number of aromatic nitrogens is 3. The lowest BCUT2D eigenvalue weighted by Crippen LogP contribution is -2.56. The van der Waals surface area contributed by atoms with Gasteiger partial charge in [0, 0.05) is 24.5 Å². The molecule has 2 fully saturated rings. The number of para-hydroxylation sites is 2. The van der Waals surface area contributed by atoms with Crippen molar-refractivity contribution < 1.29 is 23.2 Å². The van der Waals surface area contributed by atoms with Crippen molar-refractivity contribution in [1.29, 1.82) is 0 Å². The third-order valence-electron chi connectivity index (χ3n) is 7.58. The molecule has 0 spiro atoms. The zero-order chi connectivity index (χ0) is 27.4. The van der Waals surface area contributed by atoms with Gasteiger partial charge in [-0.2, -0.15) is 0 Å². The molecule has 6 rings (SSSR count). The lowest BCUT2D eigenvalue weighted by atomic mass is 10.0. The fraction of sp³-hybridized carbons (Fsp3) is 0.357. The Hall–Kier alpha value is -4.28. The van der Waals surface area contributed by atoms with E-state index in [2.05, 4.69) is 20.3 Å². The number of amides is 3. The number of nitrogens with one attached hydrogen (secondary N) is 3. The first kappa shape index (κ1) is 25.0. The Kier molecular flexibility index (Phi) is 6.08. The maximum atomic E-state index is 14.1. The van der Waals surface area contributed by atoms with Gasteiger partial charge in [-0.3, -0.25) is 14.4 Å². The van der Waals surface area contributed by atoms with Gasteiger partial charge in [0.25, 0.3) is 11.8 Å². The summed E-state index contributed by atoms with van der Waals surface area (Å²) in [5.74, 6) is -2.13. The van der Waals surface area contributed by atoms with E-state index in [1.165, 1.54) is 6.07 Å². The average Bonchev–Trinajstić information content (AvgIpc) is 3.68. The largest absolute Gasteiger partial charge is 0.348 e. The van der Waals surface area contributed by atoms with Crippen LogP contribution in [0.3, 0.4) is 0 Å². The Morgan fingerprint density at radius 3 is 2.51 bits per heavy atom. The van der Waals surface area contributed by atoms with Crippen molar-refractivity contribution in [2.75, 3.05) is 13.1 Å². The number of benzene rings is 2. The van der Waals surface area contributed by atoms with Crippen molar-refractivity contribution >= 4 is 39.7 Å². The van der Waals surface area contributed by atoms with E-state index in [9.17, 15) is 23.2 Å². The van der Waals surface area contributed by atoms with Gasteiger partial charge in [-0.05, 0) is 43.0 Å². The number of H-pyrrole nitrogens is 2. The quantitative estimate of drug-likeness (QED) is 0.351. The highest BCUT2D eigenvalue weighted by Gasteiger charge is 2.49. The summed E-state index contributed by atoms with van der Waals surface area (Å²) < 4.78 is 27.7. The molecule has 202 valence electrons. The molecular weight excluding hydrogens is 506 g/mol. The average molecular weight is 535 g/mol. The molecule has 39 heavy (non-hydrogen) atoms. The molecule has 4 heterocycles. The van der Waals surface area contributed by atoms with Crippen LogP contribution < -0.4 is 5.32 Å². The Labute approximate surface area is 222 Å². The van der Waals surface area contributed by atoms with E-state index in [4.69, 9.17) is 0 Å². The first-order valence-corrected chi connectivity index (χ1v) is 13.0. The van der Waals surface area contributed by atoms with Crippen LogP contribution in [0.2, 0.25) is 0 Å². The van der Waals surface area contributed by atoms with Gasteiger partial charge in [0.15, 0.2) is 5.82 Å². The normalized spacial score (nSPS) is 19.4. The van der Waals surface area contributed by atoms with Crippen LogP contribution >= 0.6 is 0 Å².